The van der Waals surface area contributed by atoms with Crippen LogP contribution in [0.1, 0.15) is 55.3 Å². The summed E-state index contributed by atoms with van der Waals surface area (Å²) in [4.78, 5) is 0.360. The van der Waals surface area contributed by atoms with Gasteiger partial charge in [0.25, 0.3) is 0 Å². The number of rotatable bonds is 5. The summed E-state index contributed by atoms with van der Waals surface area (Å²) in [6.45, 7) is 8.56. The van der Waals surface area contributed by atoms with E-state index in [2.05, 4.69) is 19.0 Å². The smallest absolute Gasteiger partial charge is 0.243 e. The Balaban J connectivity index is 1.91. The monoisotopic (exact) mass is 362 g/mol. The lowest BCUT2D eigenvalue weighted by atomic mass is 10.0. The second kappa shape index (κ2) is 6.92. The van der Waals surface area contributed by atoms with E-state index in [0.29, 0.717) is 23.1 Å². The maximum atomic E-state index is 13.2. The molecule has 2 aromatic rings. The first-order valence-electron chi connectivity index (χ1n) is 8.84. The van der Waals surface area contributed by atoms with Gasteiger partial charge in [0.15, 0.2) is 0 Å². The van der Waals surface area contributed by atoms with Crippen molar-refractivity contribution in [3.8, 4) is 0 Å². The summed E-state index contributed by atoms with van der Waals surface area (Å²) in [5.41, 5.74) is 2.85. The molecule has 1 fully saturated rings. The predicted octanol–water partition coefficient (Wildman–Crippen LogP) is 4.02. The number of aromatic nitrogens is 1. The summed E-state index contributed by atoms with van der Waals surface area (Å²) >= 11 is 0. The van der Waals surface area contributed by atoms with Crippen molar-refractivity contribution in [3.05, 3.63) is 46.8 Å². The SMILES string of the molecule is Cc1noc(C)c1C1CCCN1S(=O)(=O)c1ccc(CC(C)C)cc1. The van der Waals surface area contributed by atoms with Crippen LogP contribution in [-0.4, -0.2) is 24.4 Å². The van der Waals surface area contributed by atoms with Crippen LogP contribution in [0, 0.1) is 19.8 Å². The van der Waals surface area contributed by atoms with Crippen molar-refractivity contribution in [2.45, 2.75) is 57.9 Å². The molecule has 0 aliphatic carbocycles. The maximum absolute atomic E-state index is 13.2. The van der Waals surface area contributed by atoms with Gasteiger partial charge in [0, 0.05) is 12.1 Å². The molecule has 1 unspecified atom stereocenters. The highest BCUT2D eigenvalue weighted by Gasteiger charge is 2.38. The lowest BCUT2D eigenvalue weighted by molar-refractivity contribution is 0.376. The number of aryl methyl sites for hydroxylation is 2. The first kappa shape index (κ1) is 18.1. The topological polar surface area (TPSA) is 63.4 Å². The summed E-state index contributed by atoms with van der Waals surface area (Å²) in [6.07, 6.45) is 2.60. The molecule has 1 aliphatic rings. The largest absolute Gasteiger partial charge is 0.361 e. The Hall–Kier alpha value is -1.66. The Morgan fingerprint density at radius 2 is 1.92 bits per heavy atom. The highest BCUT2D eigenvalue weighted by molar-refractivity contribution is 7.89. The van der Waals surface area contributed by atoms with Crippen LogP contribution in [0.4, 0.5) is 0 Å². The van der Waals surface area contributed by atoms with E-state index in [1.54, 1.807) is 16.4 Å². The minimum Gasteiger partial charge on any atom is -0.361 e. The second-order valence-electron chi connectivity index (χ2n) is 7.25. The van der Waals surface area contributed by atoms with E-state index in [4.69, 9.17) is 4.52 Å². The van der Waals surface area contributed by atoms with Crippen LogP contribution in [-0.2, 0) is 16.4 Å². The Morgan fingerprint density at radius 1 is 1.24 bits per heavy atom. The lowest BCUT2D eigenvalue weighted by Gasteiger charge is -2.24. The molecule has 1 aromatic carbocycles. The quantitative estimate of drug-likeness (QED) is 0.806. The van der Waals surface area contributed by atoms with Gasteiger partial charge >= 0.3 is 0 Å². The highest BCUT2D eigenvalue weighted by atomic mass is 32.2. The molecule has 0 saturated carbocycles. The number of nitrogens with zero attached hydrogens (tertiary/aromatic N) is 2. The summed E-state index contributed by atoms with van der Waals surface area (Å²) in [6, 6.07) is 7.12. The van der Waals surface area contributed by atoms with Crippen molar-refractivity contribution < 1.29 is 12.9 Å². The molecule has 0 N–H and O–H groups in total. The number of sulfonamides is 1. The maximum Gasteiger partial charge on any atom is 0.243 e. The standard InChI is InChI=1S/C19H26N2O3S/c1-13(2)12-16-7-9-17(10-8-16)25(22,23)21-11-5-6-18(21)19-14(3)20-24-15(19)4/h7-10,13,18H,5-6,11-12H2,1-4H3. The first-order chi connectivity index (χ1) is 11.8. The summed E-state index contributed by atoms with van der Waals surface area (Å²) in [7, 11) is -3.53. The van der Waals surface area contributed by atoms with Gasteiger partial charge in [-0.3, -0.25) is 0 Å². The molecule has 0 spiro atoms. The van der Waals surface area contributed by atoms with Gasteiger partial charge in [-0.05, 0) is 56.7 Å². The van der Waals surface area contributed by atoms with Crippen molar-refractivity contribution in [2.75, 3.05) is 6.54 Å². The van der Waals surface area contributed by atoms with Gasteiger partial charge in [-0.15, -0.1) is 0 Å². The molecule has 3 rings (SSSR count). The van der Waals surface area contributed by atoms with E-state index >= 15 is 0 Å². The number of benzene rings is 1. The van der Waals surface area contributed by atoms with E-state index in [9.17, 15) is 8.42 Å². The molecule has 1 aliphatic heterocycles. The van der Waals surface area contributed by atoms with E-state index in [1.165, 1.54) is 0 Å². The van der Waals surface area contributed by atoms with Crippen molar-refractivity contribution in [2.24, 2.45) is 5.92 Å². The van der Waals surface area contributed by atoms with Crippen molar-refractivity contribution >= 4 is 10.0 Å². The molecule has 1 aromatic heterocycles. The van der Waals surface area contributed by atoms with Gasteiger partial charge in [-0.2, -0.15) is 4.31 Å². The van der Waals surface area contributed by atoms with Crippen LogP contribution in [0.25, 0.3) is 0 Å². The molecule has 136 valence electrons. The van der Waals surface area contributed by atoms with Crippen molar-refractivity contribution in [1.29, 1.82) is 0 Å². The summed E-state index contributed by atoms with van der Waals surface area (Å²) in [5, 5.41) is 3.99. The van der Waals surface area contributed by atoms with Crippen molar-refractivity contribution in [3.63, 3.8) is 0 Å². The third kappa shape index (κ3) is 3.51. The van der Waals surface area contributed by atoms with Crippen molar-refractivity contribution in [1.82, 2.24) is 9.46 Å². The van der Waals surface area contributed by atoms with E-state index < -0.39 is 10.0 Å². The lowest BCUT2D eigenvalue weighted by Crippen LogP contribution is -2.31. The Labute approximate surface area is 150 Å². The fourth-order valence-corrected chi connectivity index (χ4v) is 5.35. The van der Waals surface area contributed by atoms with Crippen LogP contribution >= 0.6 is 0 Å². The average Bonchev–Trinajstić information content (AvgIpc) is 3.14. The molecule has 0 bridgehead atoms. The molecule has 1 atom stereocenters. The van der Waals surface area contributed by atoms with Crippen LogP contribution < -0.4 is 0 Å². The van der Waals surface area contributed by atoms with E-state index in [1.807, 2.05) is 26.0 Å². The molecular weight excluding hydrogens is 336 g/mol. The van der Waals surface area contributed by atoms with Gasteiger partial charge < -0.3 is 4.52 Å². The normalized spacial score (nSPS) is 19.0. The van der Waals surface area contributed by atoms with Gasteiger partial charge in [0.1, 0.15) is 5.76 Å². The van der Waals surface area contributed by atoms with E-state index in [0.717, 1.165) is 36.1 Å². The van der Waals surface area contributed by atoms with Gasteiger partial charge in [-0.25, -0.2) is 8.42 Å². The Morgan fingerprint density at radius 3 is 2.48 bits per heavy atom. The molecule has 1 saturated heterocycles. The van der Waals surface area contributed by atoms with Gasteiger partial charge in [0.2, 0.25) is 10.0 Å². The first-order valence-corrected chi connectivity index (χ1v) is 10.3. The van der Waals surface area contributed by atoms with Crippen LogP contribution in [0.15, 0.2) is 33.7 Å². The van der Waals surface area contributed by atoms with Crippen LogP contribution in [0.3, 0.4) is 0 Å². The zero-order valence-corrected chi connectivity index (χ0v) is 16.1. The highest BCUT2D eigenvalue weighted by Crippen LogP contribution is 2.39. The number of hydrogen-bond donors (Lipinski definition) is 0. The molecular formula is C19H26N2O3S. The fourth-order valence-electron chi connectivity index (χ4n) is 3.69. The molecule has 6 heteroatoms. The minimum atomic E-state index is -3.53. The van der Waals surface area contributed by atoms with Gasteiger partial charge in [-0.1, -0.05) is 31.1 Å². The summed E-state index contributed by atoms with van der Waals surface area (Å²) in [5.74, 6) is 1.25. The second-order valence-corrected chi connectivity index (χ2v) is 9.14. The number of hydrogen-bond acceptors (Lipinski definition) is 4. The van der Waals surface area contributed by atoms with Crippen LogP contribution in [0.5, 0.6) is 0 Å². The third-order valence-corrected chi connectivity index (χ3v) is 6.72. The van der Waals surface area contributed by atoms with Crippen LogP contribution in [0.2, 0.25) is 0 Å². The Bertz CT molecular complexity index is 819. The van der Waals surface area contributed by atoms with Gasteiger partial charge in [0.05, 0.1) is 16.6 Å². The summed E-state index contributed by atoms with van der Waals surface area (Å²) < 4.78 is 33.2. The molecule has 2 heterocycles. The predicted molar refractivity (Wildman–Crippen MR) is 96.8 cm³/mol. The minimum absolute atomic E-state index is 0.188. The average molecular weight is 362 g/mol. The third-order valence-electron chi connectivity index (χ3n) is 4.80. The molecule has 5 nitrogen and oxygen atoms in total. The molecule has 0 amide bonds. The zero-order chi connectivity index (χ0) is 18.2. The zero-order valence-electron chi connectivity index (χ0n) is 15.3. The molecule has 0 radical (unpaired) electrons. The fraction of sp³-hybridized carbons (Fsp3) is 0.526. The molecule has 25 heavy (non-hydrogen) atoms. The Kier molecular flexibility index (Phi) is 5.02. The van der Waals surface area contributed by atoms with E-state index in [-0.39, 0.29) is 6.04 Å².